The number of benzene rings is 2. The molecule has 0 fully saturated rings. The quantitative estimate of drug-likeness (QED) is 0.689. The van der Waals surface area contributed by atoms with Gasteiger partial charge in [0.05, 0.1) is 24.1 Å². The molecule has 0 bridgehead atoms. The van der Waals surface area contributed by atoms with Crippen LogP contribution in [0.2, 0.25) is 0 Å². The van der Waals surface area contributed by atoms with Gasteiger partial charge in [0.1, 0.15) is 0 Å². The number of fused-ring (bicyclic) bond motifs is 1. The molecule has 3 rings (SSSR count). The SMILES string of the molecule is COC(=O)c1ccc(CNC(=O)c2nn(C(C)C)c(=O)c3ccccc23)cc1. The van der Waals surface area contributed by atoms with E-state index in [-0.39, 0.29) is 29.7 Å². The molecule has 1 heterocycles. The zero-order valence-electron chi connectivity index (χ0n) is 15.9. The molecular weight excluding hydrogens is 358 g/mol. The summed E-state index contributed by atoms with van der Waals surface area (Å²) in [6.45, 7) is 3.94. The van der Waals surface area contributed by atoms with Crippen molar-refractivity contribution in [2.75, 3.05) is 7.11 Å². The van der Waals surface area contributed by atoms with E-state index in [1.165, 1.54) is 11.8 Å². The minimum Gasteiger partial charge on any atom is -0.465 e. The highest BCUT2D eigenvalue weighted by Crippen LogP contribution is 2.15. The van der Waals surface area contributed by atoms with Gasteiger partial charge in [-0.05, 0) is 37.6 Å². The van der Waals surface area contributed by atoms with E-state index in [0.717, 1.165) is 5.56 Å². The van der Waals surface area contributed by atoms with Crippen molar-refractivity contribution in [3.05, 3.63) is 75.7 Å². The van der Waals surface area contributed by atoms with Crippen LogP contribution in [0.25, 0.3) is 10.8 Å². The molecule has 0 radical (unpaired) electrons. The number of hydrogen-bond acceptors (Lipinski definition) is 5. The van der Waals surface area contributed by atoms with Crippen LogP contribution in [-0.2, 0) is 11.3 Å². The van der Waals surface area contributed by atoms with Crippen molar-refractivity contribution in [2.24, 2.45) is 0 Å². The van der Waals surface area contributed by atoms with Crippen LogP contribution in [0.3, 0.4) is 0 Å². The Morgan fingerprint density at radius 1 is 1.07 bits per heavy atom. The lowest BCUT2D eigenvalue weighted by Gasteiger charge is -2.13. The second kappa shape index (κ2) is 8.04. The Kier molecular flexibility index (Phi) is 5.54. The lowest BCUT2D eigenvalue weighted by molar-refractivity contribution is 0.0600. The van der Waals surface area contributed by atoms with Gasteiger partial charge < -0.3 is 10.1 Å². The molecule has 2 aromatic carbocycles. The van der Waals surface area contributed by atoms with E-state index in [4.69, 9.17) is 0 Å². The number of methoxy groups -OCH3 is 1. The Bertz CT molecular complexity index is 1080. The first-order chi connectivity index (χ1) is 13.4. The Morgan fingerprint density at radius 3 is 2.32 bits per heavy atom. The van der Waals surface area contributed by atoms with Gasteiger partial charge in [-0.2, -0.15) is 5.10 Å². The van der Waals surface area contributed by atoms with E-state index in [1.54, 1.807) is 48.5 Å². The predicted octanol–water partition coefficient (Wildman–Crippen LogP) is 2.69. The summed E-state index contributed by atoms with van der Waals surface area (Å²) < 4.78 is 5.99. The summed E-state index contributed by atoms with van der Waals surface area (Å²) in [6, 6.07) is 13.5. The second-order valence-electron chi connectivity index (χ2n) is 6.61. The van der Waals surface area contributed by atoms with Crippen molar-refractivity contribution in [1.29, 1.82) is 0 Å². The molecule has 0 saturated carbocycles. The maximum absolute atomic E-state index is 12.8. The molecule has 1 aromatic heterocycles. The molecule has 144 valence electrons. The van der Waals surface area contributed by atoms with Gasteiger partial charge in [-0.15, -0.1) is 0 Å². The maximum atomic E-state index is 12.8. The Hall–Kier alpha value is -3.48. The first kappa shape index (κ1) is 19.3. The minimum atomic E-state index is -0.415. The van der Waals surface area contributed by atoms with Gasteiger partial charge in [-0.3, -0.25) is 9.59 Å². The molecule has 0 aliphatic heterocycles. The molecule has 0 unspecified atom stereocenters. The number of carbonyl (C=O) groups excluding carboxylic acids is 2. The maximum Gasteiger partial charge on any atom is 0.337 e. The molecule has 0 atom stereocenters. The van der Waals surface area contributed by atoms with E-state index >= 15 is 0 Å². The smallest absolute Gasteiger partial charge is 0.337 e. The Labute approximate surface area is 161 Å². The predicted molar refractivity (Wildman–Crippen MR) is 105 cm³/mol. The molecule has 0 spiro atoms. The number of amides is 1. The number of hydrogen-bond donors (Lipinski definition) is 1. The summed E-state index contributed by atoms with van der Waals surface area (Å²) in [4.78, 5) is 36.8. The molecule has 3 aromatic rings. The van der Waals surface area contributed by atoms with E-state index in [2.05, 4.69) is 15.2 Å². The van der Waals surface area contributed by atoms with E-state index in [0.29, 0.717) is 16.3 Å². The van der Waals surface area contributed by atoms with Gasteiger partial charge in [0.15, 0.2) is 5.69 Å². The minimum absolute atomic E-state index is 0.172. The standard InChI is InChI=1S/C21H21N3O4/c1-13(2)24-20(26)17-7-5-4-6-16(17)18(23-24)19(25)22-12-14-8-10-15(11-9-14)21(27)28-3/h4-11,13H,12H2,1-3H3,(H,22,25). The normalized spacial score (nSPS) is 10.9. The molecule has 0 saturated heterocycles. The summed E-state index contributed by atoms with van der Waals surface area (Å²) >= 11 is 0. The first-order valence-corrected chi connectivity index (χ1v) is 8.89. The molecular formula is C21H21N3O4. The summed E-state index contributed by atoms with van der Waals surface area (Å²) in [7, 11) is 1.32. The lowest BCUT2D eigenvalue weighted by Crippen LogP contribution is -2.31. The third-order valence-corrected chi connectivity index (χ3v) is 4.36. The van der Waals surface area contributed by atoms with Crippen LogP contribution in [0.15, 0.2) is 53.3 Å². The molecule has 7 nitrogen and oxygen atoms in total. The Balaban J connectivity index is 1.86. The van der Waals surface area contributed by atoms with Crippen molar-refractivity contribution >= 4 is 22.6 Å². The number of nitrogens with zero attached hydrogens (tertiary/aromatic N) is 2. The third-order valence-electron chi connectivity index (χ3n) is 4.36. The molecule has 1 amide bonds. The van der Waals surface area contributed by atoms with Gasteiger partial charge in [-0.25, -0.2) is 9.48 Å². The van der Waals surface area contributed by atoms with Crippen molar-refractivity contribution in [3.63, 3.8) is 0 Å². The first-order valence-electron chi connectivity index (χ1n) is 8.89. The van der Waals surface area contributed by atoms with Crippen LogP contribution >= 0.6 is 0 Å². The number of esters is 1. The van der Waals surface area contributed by atoms with Crippen molar-refractivity contribution in [1.82, 2.24) is 15.1 Å². The monoisotopic (exact) mass is 379 g/mol. The van der Waals surface area contributed by atoms with Crippen LogP contribution in [0.5, 0.6) is 0 Å². The van der Waals surface area contributed by atoms with Crippen LogP contribution < -0.4 is 10.9 Å². The molecule has 1 N–H and O–H groups in total. The number of ether oxygens (including phenoxy) is 1. The fraction of sp³-hybridized carbons (Fsp3) is 0.238. The van der Waals surface area contributed by atoms with E-state index in [1.807, 2.05) is 13.8 Å². The lowest BCUT2D eigenvalue weighted by atomic mass is 10.1. The van der Waals surface area contributed by atoms with Crippen LogP contribution in [0.1, 0.15) is 46.3 Å². The zero-order chi connectivity index (χ0) is 20.3. The average Bonchev–Trinajstić information content (AvgIpc) is 2.72. The number of carbonyl (C=O) groups is 2. The molecule has 0 aliphatic rings. The van der Waals surface area contributed by atoms with Crippen LogP contribution in [0.4, 0.5) is 0 Å². The highest BCUT2D eigenvalue weighted by atomic mass is 16.5. The van der Waals surface area contributed by atoms with Crippen molar-refractivity contribution in [2.45, 2.75) is 26.4 Å². The van der Waals surface area contributed by atoms with Gasteiger partial charge in [0.2, 0.25) is 0 Å². The number of nitrogens with one attached hydrogen (secondary N) is 1. The van der Waals surface area contributed by atoms with Crippen LogP contribution in [-0.4, -0.2) is 28.8 Å². The van der Waals surface area contributed by atoms with Gasteiger partial charge in [0, 0.05) is 11.9 Å². The molecule has 7 heteroatoms. The van der Waals surface area contributed by atoms with Crippen molar-refractivity contribution in [3.8, 4) is 0 Å². The van der Waals surface area contributed by atoms with Crippen LogP contribution in [0, 0.1) is 0 Å². The van der Waals surface area contributed by atoms with E-state index < -0.39 is 5.97 Å². The summed E-state index contributed by atoms with van der Waals surface area (Å²) in [5.41, 5.74) is 1.24. The number of aromatic nitrogens is 2. The van der Waals surface area contributed by atoms with Gasteiger partial charge in [0.25, 0.3) is 11.5 Å². The Morgan fingerprint density at radius 2 is 1.71 bits per heavy atom. The molecule has 28 heavy (non-hydrogen) atoms. The number of rotatable bonds is 5. The average molecular weight is 379 g/mol. The third kappa shape index (κ3) is 3.78. The summed E-state index contributed by atoms with van der Waals surface area (Å²) in [6.07, 6.45) is 0. The summed E-state index contributed by atoms with van der Waals surface area (Å²) in [5.74, 6) is -0.787. The van der Waals surface area contributed by atoms with Crippen molar-refractivity contribution < 1.29 is 14.3 Å². The summed E-state index contributed by atoms with van der Waals surface area (Å²) in [5, 5.41) is 8.09. The topological polar surface area (TPSA) is 90.3 Å². The fourth-order valence-electron chi connectivity index (χ4n) is 2.87. The fourth-order valence-corrected chi connectivity index (χ4v) is 2.87. The zero-order valence-corrected chi connectivity index (χ0v) is 15.9. The highest BCUT2D eigenvalue weighted by molar-refractivity contribution is 6.04. The molecule has 0 aliphatic carbocycles. The van der Waals surface area contributed by atoms with Gasteiger partial charge in [-0.1, -0.05) is 30.3 Å². The largest absolute Gasteiger partial charge is 0.465 e. The highest BCUT2D eigenvalue weighted by Gasteiger charge is 2.17. The van der Waals surface area contributed by atoms with E-state index in [9.17, 15) is 14.4 Å². The van der Waals surface area contributed by atoms with Gasteiger partial charge >= 0.3 is 5.97 Å². The second-order valence-corrected chi connectivity index (χ2v) is 6.61.